The summed E-state index contributed by atoms with van der Waals surface area (Å²) in [4.78, 5) is 26.5. The molecular formula is C25H28F2N2O4. The van der Waals surface area contributed by atoms with Crippen LogP contribution in [0.2, 0.25) is 0 Å². The molecule has 8 heteroatoms. The van der Waals surface area contributed by atoms with Crippen molar-refractivity contribution in [1.29, 1.82) is 0 Å². The van der Waals surface area contributed by atoms with Gasteiger partial charge >= 0.3 is 0 Å². The lowest BCUT2D eigenvalue weighted by Crippen LogP contribution is -2.61. The van der Waals surface area contributed by atoms with E-state index in [-0.39, 0.29) is 31.4 Å². The van der Waals surface area contributed by atoms with E-state index in [9.17, 15) is 14.0 Å². The summed E-state index contributed by atoms with van der Waals surface area (Å²) >= 11 is 0. The van der Waals surface area contributed by atoms with Crippen LogP contribution in [0.3, 0.4) is 0 Å². The van der Waals surface area contributed by atoms with Gasteiger partial charge in [-0.2, -0.15) is 0 Å². The molecule has 2 aromatic carbocycles. The largest absolute Gasteiger partial charge is 0.485 e. The number of nitrogens with zero attached hydrogens (tertiary/aromatic N) is 1. The standard InChI is InChI=1S/C25H28F2N2O4/c1-18(30)28-25(27,14-19-8-3-2-4-9-19)23(31)29-13-7-12-24(17-29)15-20(16-32-24)33-22-11-6-5-10-21(22)26/h2-6,8-11,20H,7,12-17H2,1H3,(H,28,30)/t20-,24+,25+/m1/s1. The first-order valence-electron chi connectivity index (χ1n) is 11.1. The van der Waals surface area contributed by atoms with Crippen molar-refractivity contribution in [2.75, 3.05) is 19.7 Å². The number of rotatable bonds is 6. The first-order valence-corrected chi connectivity index (χ1v) is 11.1. The predicted octanol–water partition coefficient (Wildman–Crippen LogP) is 3.40. The van der Waals surface area contributed by atoms with Gasteiger partial charge in [0.2, 0.25) is 5.91 Å². The van der Waals surface area contributed by atoms with Crippen molar-refractivity contribution in [1.82, 2.24) is 10.2 Å². The van der Waals surface area contributed by atoms with E-state index in [1.54, 1.807) is 48.5 Å². The number of hydrogen-bond donors (Lipinski definition) is 1. The molecule has 2 saturated heterocycles. The molecule has 0 bridgehead atoms. The van der Waals surface area contributed by atoms with Crippen molar-refractivity contribution in [3.63, 3.8) is 0 Å². The van der Waals surface area contributed by atoms with E-state index in [0.717, 1.165) is 0 Å². The van der Waals surface area contributed by atoms with Gasteiger partial charge in [0, 0.05) is 32.9 Å². The number of likely N-dealkylation sites (tertiary alicyclic amines) is 1. The first-order chi connectivity index (χ1) is 15.8. The van der Waals surface area contributed by atoms with Crippen LogP contribution in [-0.2, 0) is 20.7 Å². The van der Waals surface area contributed by atoms with Crippen molar-refractivity contribution < 1.29 is 27.8 Å². The lowest BCUT2D eigenvalue weighted by atomic mass is 9.88. The number of amides is 2. The first kappa shape index (κ1) is 23.2. The van der Waals surface area contributed by atoms with Crippen molar-refractivity contribution >= 4 is 11.8 Å². The summed E-state index contributed by atoms with van der Waals surface area (Å²) in [6.07, 6.45) is 1.14. The van der Waals surface area contributed by atoms with E-state index in [1.807, 2.05) is 0 Å². The molecule has 2 aliphatic heterocycles. The third kappa shape index (κ3) is 5.33. The van der Waals surface area contributed by atoms with Gasteiger partial charge in [0.05, 0.1) is 12.2 Å². The Kier molecular flexibility index (Phi) is 6.65. The molecule has 2 heterocycles. The molecule has 3 atom stereocenters. The van der Waals surface area contributed by atoms with Crippen molar-refractivity contribution in [3.05, 3.63) is 66.0 Å². The van der Waals surface area contributed by atoms with Gasteiger partial charge in [0.25, 0.3) is 11.7 Å². The number of hydrogen-bond acceptors (Lipinski definition) is 4. The SMILES string of the molecule is CC(=O)N[C@@](F)(Cc1ccccc1)C(=O)N1CCC[C@]2(C[C@@H](Oc3ccccc3F)CO2)C1. The lowest BCUT2D eigenvalue weighted by molar-refractivity contribution is -0.156. The van der Waals surface area contributed by atoms with Crippen LogP contribution < -0.4 is 10.1 Å². The zero-order valence-electron chi connectivity index (χ0n) is 18.6. The lowest BCUT2D eigenvalue weighted by Gasteiger charge is -2.42. The fourth-order valence-corrected chi connectivity index (χ4v) is 4.73. The van der Waals surface area contributed by atoms with Crippen LogP contribution in [0.15, 0.2) is 54.6 Å². The predicted molar refractivity (Wildman–Crippen MR) is 118 cm³/mol. The van der Waals surface area contributed by atoms with Crippen LogP contribution in [0.25, 0.3) is 0 Å². The summed E-state index contributed by atoms with van der Waals surface area (Å²) in [6, 6.07) is 14.9. The minimum atomic E-state index is -2.56. The highest BCUT2D eigenvalue weighted by atomic mass is 19.1. The molecular weight excluding hydrogens is 430 g/mol. The van der Waals surface area contributed by atoms with E-state index in [4.69, 9.17) is 9.47 Å². The number of para-hydroxylation sites is 1. The second kappa shape index (κ2) is 9.47. The molecule has 2 amide bonds. The summed E-state index contributed by atoms with van der Waals surface area (Å²) in [7, 11) is 0. The van der Waals surface area contributed by atoms with Crippen LogP contribution in [0.5, 0.6) is 5.75 Å². The average Bonchev–Trinajstić information content (AvgIpc) is 3.16. The molecule has 1 spiro atoms. The van der Waals surface area contributed by atoms with Gasteiger partial charge in [-0.1, -0.05) is 42.5 Å². The molecule has 2 fully saturated rings. The molecule has 176 valence electrons. The minimum absolute atomic E-state index is 0.156. The molecule has 0 unspecified atom stereocenters. The Hall–Kier alpha value is -3.00. The zero-order chi connectivity index (χ0) is 23.5. The zero-order valence-corrected chi connectivity index (χ0v) is 18.6. The fraction of sp³-hybridized carbons (Fsp3) is 0.440. The smallest absolute Gasteiger partial charge is 0.281 e. The monoisotopic (exact) mass is 458 g/mol. The molecule has 2 aliphatic rings. The van der Waals surface area contributed by atoms with Crippen LogP contribution in [0.4, 0.5) is 8.78 Å². The normalized spacial score (nSPS) is 24.3. The Morgan fingerprint density at radius 3 is 2.67 bits per heavy atom. The number of piperidine rings is 1. The topological polar surface area (TPSA) is 67.9 Å². The number of benzene rings is 2. The summed E-state index contributed by atoms with van der Waals surface area (Å²) in [5.41, 5.74) is -0.0856. The maximum atomic E-state index is 16.0. The number of halogens is 2. The van der Waals surface area contributed by atoms with Crippen LogP contribution >= 0.6 is 0 Å². The van der Waals surface area contributed by atoms with Gasteiger partial charge in [-0.05, 0) is 30.5 Å². The third-order valence-corrected chi connectivity index (χ3v) is 6.14. The van der Waals surface area contributed by atoms with Crippen molar-refractivity contribution in [3.8, 4) is 5.75 Å². The highest BCUT2D eigenvalue weighted by Gasteiger charge is 2.50. The number of carbonyl (C=O) groups is 2. The Balaban J connectivity index is 1.46. The minimum Gasteiger partial charge on any atom is -0.485 e. The Bertz CT molecular complexity index is 1000. The Labute approximate surface area is 191 Å². The van der Waals surface area contributed by atoms with E-state index in [0.29, 0.717) is 31.4 Å². The molecule has 0 aromatic heterocycles. The van der Waals surface area contributed by atoms with Gasteiger partial charge < -0.3 is 19.7 Å². The summed E-state index contributed by atoms with van der Waals surface area (Å²) in [6.45, 7) is 1.99. The van der Waals surface area contributed by atoms with Crippen LogP contribution in [0, 0.1) is 5.82 Å². The summed E-state index contributed by atoms with van der Waals surface area (Å²) < 4.78 is 41.8. The fourth-order valence-electron chi connectivity index (χ4n) is 4.73. The maximum absolute atomic E-state index is 16.0. The van der Waals surface area contributed by atoms with Gasteiger partial charge in [-0.3, -0.25) is 9.59 Å². The molecule has 0 saturated carbocycles. The van der Waals surface area contributed by atoms with Crippen molar-refractivity contribution in [2.24, 2.45) is 0 Å². The number of ether oxygens (including phenoxy) is 2. The summed E-state index contributed by atoms with van der Waals surface area (Å²) in [5.74, 6) is -4.26. The van der Waals surface area contributed by atoms with Crippen molar-refractivity contribution in [2.45, 2.75) is 50.1 Å². The molecule has 6 nitrogen and oxygen atoms in total. The molecule has 2 aromatic rings. The summed E-state index contributed by atoms with van der Waals surface area (Å²) in [5, 5.41) is 2.22. The highest BCUT2D eigenvalue weighted by molar-refractivity contribution is 5.90. The van der Waals surface area contributed by atoms with E-state index in [2.05, 4.69) is 5.32 Å². The van der Waals surface area contributed by atoms with Gasteiger partial charge in [-0.15, -0.1) is 0 Å². The Morgan fingerprint density at radius 1 is 1.21 bits per heavy atom. The van der Waals surface area contributed by atoms with E-state index < -0.39 is 29.0 Å². The van der Waals surface area contributed by atoms with Gasteiger partial charge in [-0.25, -0.2) is 8.78 Å². The molecule has 33 heavy (non-hydrogen) atoms. The van der Waals surface area contributed by atoms with Crippen LogP contribution in [0.1, 0.15) is 31.7 Å². The average molecular weight is 459 g/mol. The molecule has 0 aliphatic carbocycles. The Morgan fingerprint density at radius 2 is 1.94 bits per heavy atom. The van der Waals surface area contributed by atoms with Gasteiger partial charge in [0.15, 0.2) is 11.6 Å². The van der Waals surface area contributed by atoms with E-state index >= 15 is 4.39 Å². The maximum Gasteiger partial charge on any atom is 0.281 e. The second-order valence-electron chi connectivity index (χ2n) is 8.84. The quantitative estimate of drug-likeness (QED) is 0.674. The highest BCUT2D eigenvalue weighted by Crippen LogP contribution is 2.37. The van der Waals surface area contributed by atoms with Gasteiger partial charge in [0.1, 0.15) is 6.10 Å². The number of alkyl halides is 1. The number of nitrogens with one attached hydrogen (secondary N) is 1. The third-order valence-electron chi connectivity index (χ3n) is 6.14. The second-order valence-corrected chi connectivity index (χ2v) is 8.84. The van der Waals surface area contributed by atoms with E-state index in [1.165, 1.54) is 17.9 Å². The molecule has 0 radical (unpaired) electrons. The molecule has 4 rings (SSSR count). The molecule has 1 N–H and O–H groups in total. The number of carbonyl (C=O) groups excluding carboxylic acids is 2. The van der Waals surface area contributed by atoms with Crippen LogP contribution in [-0.4, -0.2) is 53.9 Å².